The molecule has 0 aliphatic carbocycles. The maximum atomic E-state index is 2.28. The molecule has 0 aliphatic heterocycles. The Kier molecular flexibility index (Phi) is 4.74. The third kappa shape index (κ3) is 2.96. The van der Waals surface area contributed by atoms with Crippen molar-refractivity contribution in [2.45, 2.75) is 23.1 Å². The number of hydrogen-bond acceptors (Lipinski definition) is 2. The maximum absolute atomic E-state index is 2.28. The van der Waals surface area contributed by atoms with E-state index in [0.29, 0.717) is 0 Å². The van der Waals surface area contributed by atoms with Crippen molar-refractivity contribution in [2.75, 3.05) is 12.5 Å². The van der Waals surface area contributed by atoms with Crippen molar-refractivity contribution in [2.24, 2.45) is 0 Å². The second kappa shape index (κ2) is 5.61. The van der Waals surface area contributed by atoms with Gasteiger partial charge in [-0.3, -0.25) is 0 Å². The van der Waals surface area contributed by atoms with Crippen molar-refractivity contribution >= 4 is 23.5 Å². The van der Waals surface area contributed by atoms with Crippen LogP contribution in [0.1, 0.15) is 18.9 Å². The van der Waals surface area contributed by atoms with Crippen LogP contribution in [0.4, 0.5) is 0 Å². The molecule has 0 saturated carbocycles. The Balaban J connectivity index is 2.95. The molecule has 2 heteroatoms. The predicted molar refractivity (Wildman–Crippen MR) is 63.7 cm³/mol. The number of hydrogen-bond donors (Lipinski definition) is 0. The molecule has 0 aromatic heterocycles. The highest BCUT2D eigenvalue weighted by molar-refractivity contribution is 7.99. The fraction of sp³-hybridized carbons (Fsp3) is 0.364. The highest BCUT2D eigenvalue weighted by Gasteiger charge is 2.01. The van der Waals surface area contributed by atoms with Gasteiger partial charge in [0.15, 0.2) is 0 Å². The predicted octanol–water partition coefficient (Wildman–Crippen LogP) is 4.09. The molecular formula is C11H15S2. The van der Waals surface area contributed by atoms with Crippen molar-refractivity contribution in [1.29, 1.82) is 0 Å². The Morgan fingerprint density at radius 2 is 2.00 bits per heavy atom. The van der Waals surface area contributed by atoms with Gasteiger partial charge >= 0.3 is 0 Å². The molecule has 13 heavy (non-hydrogen) atoms. The Morgan fingerprint density at radius 3 is 2.54 bits per heavy atom. The summed E-state index contributed by atoms with van der Waals surface area (Å²) >= 11 is 3.61. The summed E-state index contributed by atoms with van der Waals surface area (Å²) < 4.78 is 0. The van der Waals surface area contributed by atoms with Gasteiger partial charge < -0.3 is 0 Å². The van der Waals surface area contributed by atoms with Crippen molar-refractivity contribution in [3.63, 3.8) is 0 Å². The molecule has 0 N–H and O–H groups in total. The second-order valence-electron chi connectivity index (χ2n) is 2.72. The van der Waals surface area contributed by atoms with Crippen LogP contribution in [0.25, 0.3) is 0 Å². The highest BCUT2D eigenvalue weighted by Crippen LogP contribution is 2.27. The monoisotopic (exact) mass is 211 g/mol. The number of rotatable bonds is 4. The zero-order chi connectivity index (χ0) is 9.68. The Morgan fingerprint density at radius 1 is 1.23 bits per heavy atom. The number of benzene rings is 1. The SMILES string of the molecule is CC[CH]c1cc(SC)ccc1SC. The summed E-state index contributed by atoms with van der Waals surface area (Å²) in [6, 6.07) is 6.65. The fourth-order valence-electron chi connectivity index (χ4n) is 1.22. The molecule has 1 aromatic rings. The molecule has 0 heterocycles. The number of thioether (sulfide) groups is 2. The average Bonchev–Trinajstić information content (AvgIpc) is 2.18. The highest BCUT2D eigenvalue weighted by atomic mass is 32.2. The van der Waals surface area contributed by atoms with E-state index in [-0.39, 0.29) is 0 Å². The first kappa shape index (κ1) is 11.0. The van der Waals surface area contributed by atoms with Crippen LogP contribution in [-0.4, -0.2) is 12.5 Å². The van der Waals surface area contributed by atoms with Gasteiger partial charge in [0.2, 0.25) is 0 Å². The van der Waals surface area contributed by atoms with E-state index in [0.717, 1.165) is 6.42 Å². The molecule has 0 amide bonds. The van der Waals surface area contributed by atoms with Crippen LogP contribution in [-0.2, 0) is 0 Å². The zero-order valence-electron chi connectivity index (χ0n) is 8.33. The summed E-state index contributed by atoms with van der Waals surface area (Å²) in [6.07, 6.45) is 7.63. The minimum Gasteiger partial charge on any atom is -0.130 e. The zero-order valence-corrected chi connectivity index (χ0v) is 9.97. The van der Waals surface area contributed by atoms with Gasteiger partial charge in [-0.2, -0.15) is 0 Å². The van der Waals surface area contributed by atoms with Crippen LogP contribution in [0.5, 0.6) is 0 Å². The summed E-state index contributed by atoms with van der Waals surface area (Å²) in [6.45, 7) is 2.18. The first-order valence-electron chi connectivity index (χ1n) is 4.37. The van der Waals surface area contributed by atoms with E-state index >= 15 is 0 Å². The summed E-state index contributed by atoms with van der Waals surface area (Å²) in [7, 11) is 0. The molecule has 0 saturated heterocycles. The van der Waals surface area contributed by atoms with Gasteiger partial charge in [0.1, 0.15) is 0 Å². The van der Waals surface area contributed by atoms with E-state index in [9.17, 15) is 0 Å². The Labute approximate surface area is 89.5 Å². The van der Waals surface area contributed by atoms with Gasteiger partial charge in [-0.15, -0.1) is 23.5 Å². The van der Waals surface area contributed by atoms with Crippen molar-refractivity contribution < 1.29 is 0 Å². The van der Waals surface area contributed by atoms with E-state index in [4.69, 9.17) is 0 Å². The molecule has 71 valence electrons. The van der Waals surface area contributed by atoms with Crippen LogP contribution < -0.4 is 0 Å². The third-order valence-electron chi connectivity index (χ3n) is 1.86. The lowest BCUT2D eigenvalue weighted by Crippen LogP contribution is -1.85. The molecule has 0 nitrogen and oxygen atoms in total. The summed E-state index contributed by atoms with van der Waals surface area (Å²) in [5, 5.41) is 0. The molecule has 0 fully saturated rings. The van der Waals surface area contributed by atoms with Gasteiger partial charge in [0.25, 0.3) is 0 Å². The van der Waals surface area contributed by atoms with Gasteiger partial charge in [0.05, 0.1) is 0 Å². The Hall–Kier alpha value is -0.0800. The third-order valence-corrected chi connectivity index (χ3v) is 3.40. The summed E-state index contributed by atoms with van der Waals surface area (Å²) in [5.74, 6) is 0. The van der Waals surface area contributed by atoms with Crippen molar-refractivity contribution in [1.82, 2.24) is 0 Å². The molecule has 0 bridgehead atoms. The van der Waals surface area contributed by atoms with E-state index in [1.807, 2.05) is 11.8 Å². The van der Waals surface area contributed by atoms with Crippen LogP contribution in [0.2, 0.25) is 0 Å². The lowest BCUT2D eigenvalue weighted by atomic mass is 10.1. The molecular weight excluding hydrogens is 196 g/mol. The minimum atomic E-state index is 1.10. The smallest absolute Gasteiger partial charge is 0.0105 e. The van der Waals surface area contributed by atoms with Gasteiger partial charge in [-0.25, -0.2) is 0 Å². The van der Waals surface area contributed by atoms with Crippen molar-refractivity contribution in [3.05, 3.63) is 30.2 Å². The Bertz CT molecular complexity index is 269. The molecule has 1 rings (SSSR count). The lowest BCUT2D eigenvalue weighted by molar-refractivity contribution is 1.09. The molecule has 0 spiro atoms. The first-order chi connectivity index (χ1) is 6.31. The summed E-state index contributed by atoms with van der Waals surface area (Å²) in [5.41, 5.74) is 1.38. The normalized spacial score (nSPS) is 10.4. The fourth-order valence-corrected chi connectivity index (χ4v) is 2.25. The summed E-state index contributed by atoms with van der Waals surface area (Å²) in [4.78, 5) is 2.72. The second-order valence-corrected chi connectivity index (χ2v) is 4.45. The van der Waals surface area contributed by atoms with Crippen molar-refractivity contribution in [3.8, 4) is 0 Å². The molecule has 1 radical (unpaired) electrons. The minimum absolute atomic E-state index is 1.10. The van der Waals surface area contributed by atoms with E-state index in [1.165, 1.54) is 15.4 Å². The topological polar surface area (TPSA) is 0 Å². The van der Waals surface area contributed by atoms with Crippen LogP contribution >= 0.6 is 23.5 Å². The van der Waals surface area contributed by atoms with Gasteiger partial charge in [-0.05, 0) is 49.1 Å². The molecule has 0 aliphatic rings. The molecule has 0 unspecified atom stereocenters. The van der Waals surface area contributed by atoms with Gasteiger partial charge in [0, 0.05) is 9.79 Å². The van der Waals surface area contributed by atoms with E-state index in [2.05, 4.69) is 44.1 Å². The average molecular weight is 211 g/mol. The van der Waals surface area contributed by atoms with E-state index in [1.54, 1.807) is 11.8 Å². The maximum Gasteiger partial charge on any atom is 0.0105 e. The van der Waals surface area contributed by atoms with Crippen LogP contribution in [0.15, 0.2) is 28.0 Å². The van der Waals surface area contributed by atoms with E-state index < -0.39 is 0 Å². The van der Waals surface area contributed by atoms with Crippen LogP contribution in [0, 0.1) is 6.42 Å². The quantitative estimate of drug-likeness (QED) is 0.688. The lowest BCUT2D eigenvalue weighted by Gasteiger charge is -2.07. The first-order valence-corrected chi connectivity index (χ1v) is 6.82. The van der Waals surface area contributed by atoms with Crippen LogP contribution in [0.3, 0.4) is 0 Å². The largest absolute Gasteiger partial charge is 0.130 e. The standard InChI is InChI=1S/C11H15S2/c1-4-5-9-8-10(12-2)6-7-11(9)13-3/h5-8H,4H2,1-3H3. The molecule has 1 aromatic carbocycles. The van der Waals surface area contributed by atoms with Gasteiger partial charge in [-0.1, -0.05) is 6.92 Å². The molecule has 0 atom stereocenters.